The zero-order chi connectivity index (χ0) is 23.7. The van der Waals surface area contributed by atoms with Crippen molar-refractivity contribution in [3.05, 3.63) is 63.6 Å². The van der Waals surface area contributed by atoms with Crippen molar-refractivity contribution in [1.29, 1.82) is 0 Å². The number of nitrogens with zero attached hydrogens (tertiary/aromatic N) is 1. The van der Waals surface area contributed by atoms with Crippen LogP contribution in [0.2, 0.25) is 10.0 Å². The molecule has 2 amide bonds. The number of thioether (sulfide) groups is 1. The molecule has 4 nitrogen and oxygen atoms in total. The van der Waals surface area contributed by atoms with Gasteiger partial charge in [-0.25, -0.2) is 0 Å². The van der Waals surface area contributed by atoms with E-state index in [4.69, 9.17) is 23.2 Å². The summed E-state index contributed by atoms with van der Waals surface area (Å²) in [7, 11) is 0. The van der Waals surface area contributed by atoms with Crippen LogP contribution >= 0.6 is 35.0 Å². The van der Waals surface area contributed by atoms with Crippen LogP contribution in [0, 0.1) is 6.92 Å². The topological polar surface area (TPSA) is 49.4 Å². The number of amides is 2. The van der Waals surface area contributed by atoms with E-state index in [9.17, 15) is 9.59 Å². The largest absolute Gasteiger partial charge is 0.352 e. The number of halogens is 2. The van der Waals surface area contributed by atoms with Gasteiger partial charge in [-0.15, -0.1) is 11.8 Å². The SMILES string of the molecule is CC[C@@H](C)NC(=O)[C@@H](CC)N(Cc1ccc(Cl)cc1Cl)C(=O)CCSc1ccc(C)cc1. The molecule has 0 radical (unpaired) electrons. The fraction of sp³-hybridized carbons (Fsp3) is 0.440. The van der Waals surface area contributed by atoms with Crippen molar-refractivity contribution in [2.75, 3.05) is 5.75 Å². The highest BCUT2D eigenvalue weighted by atomic mass is 35.5. The Bertz CT molecular complexity index is 905. The molecule has 174 valence electrons. The normalized spacial score (nSPS) is 12.8. The number of aryl methyl sites for hydroxylation is 1. The standard InChI is InChI=1S/C25H32Cl2N2O2S/c1-5-18(4)28-25(31)23(6-2)29(16-19-9-10-20(26)15-22(19)27)24(30)13-14-32-21-11-7-17(3)8-12-21/h7-12,15,18,23H,5-6,13-14,16H2,1-4H3,(H,28,31)/t18-,23-/m1/s1. The van der Waals surface area contributed by atoms with Crippen molar-refractivity contribution in [2.45, 2.75) is 70.5 Å². The fourth-order valence-electron chi connectivity index (χ4n) is 3.23. The molecule has 2 atom stereocenters. The second kappa shape index (κ2) is 13.1. The first-order valence-electron chi connectivity index (χ1n) is 11.0. The number of hydrogen-bond donors (Lipinski definition) is 1. The number of rotatable bonds is 11. The molecule has 0 aliphatic rings. The molecule has 0 saturated carbocycles. The van der Waals surface area contributed by atoms with Crippen LogP contribution in [0.25, 0.3) is 0 Å². The lowest BCUT2D eigenvalue weighted by Crippen LogP contribution is -2.50. The van der Waals surface area contributed by atoms with Crippen molar-refractivity contribution >= 4 is 46.8 Å². The number of carbonyl (C=O) groups excluding carboxylic acids is 2. The molecule has 32 heavy (non-hydrogen) atoms. The maximum atomic E-state index is 13.3. The Hall–Kier alpha value is -1.69. The third-order valence-electron chi connectivity index (χ3n) is 5.35. The Labute approximate surface area is 206 Å². The van der Waals surface area contributed by atoms with Gasteiger partial charge in [-0.05, 0) is 56.5 Å². The van der Waals surface area contributed by atoms with Gasteiger partial charge in [0.1, 0.15) is 6.04 Å². The average molecular weight is 496 g/mol. The molecule has 0 bridgehead atoms. The van der Waals surface area contributed by atoms with Crippen LogP contribution in [0.15, 0.2) is 47.4 Å². The molecule has 2 rings (SSSR count). The van der Waals surface area contributed by atoms with Gasteiger partial charge in [0.2, 0.25) is 11.8 Å². The van der Waals surface area contributed by atoms with E-state index in [1.54, 1.807) is 28.8 Å². The fourth-order valence-corrected chi connectivity index (χ4v) is 4.54. The van der Waals surface area contributed by atoms with E-state index < -0.39 is 6.04 Å². The second-order valence-electron chi connectivity index (χ2n) is 7.91. The third-order valence-corrected chi connectivity index (χ3v) is 6.95. The van der Waals surface area contributed by atoms with Crippen molar-refractivity contribution in [1.82, 2.24) is 10.2 Å². The molecule has 0 fully saturated rings. The molecule has 0 aromatic heterocycles. The zero-order valence-electron chi connectivity index (χ0n) is 19.2. The smallest absolute Gasteiger partial charge is 0.243 e. The highest BCUT2D eigenvalue weighted by Gasteiger charge is 2.29. The Morgan fingerprint density at radius 3 is 2.34 bits per heavy atom. The first-order chi connectivity index (χ1) is 15.2. The van der Waals surface area contributed by atoms with Crippen molar-refractivity contribution in [2.24, 2.45) is 0 Å². The van der Waals surface area contributed by atoms with Gasteiger partial charge in [-0.2, -0.15) is 0 Å². The first-order valence-corrected chi connectivity index (χ1v) is 12.7. The van der Waals surface area contributed by atoms with Crippen LogP contribution < -0.4 is 5.32 Å². The highest BCUT2D eigenvalue weighted by molar-refractivity contribution is 7.99. The zero-order valence-corrected chi connectivity index (χ0v) is 21.5. The number of nitrogens with one attached hydrogen (secondary N) is 1. The van der Waals surface area contributed by atoms with Crippen LogP contribution in [0.3, 0.4) is 0 Å². The number of hydrogen-bond acceptors (Lipinski definition) is 3. The van der Waals surface area contributed by atoms with Crippen LogP contribution in [0.4, 0.5) is 0 Å². The molecule has 0 aliphatic carbocycles. The summed E-state index contributed by atoms with van der Waals surface area (Å²) < 4.78 is 0. The number of carbonyl (C=O) groups is 2. The van der Waals surface area contributed by atoms with Gasteiger partial charge in [-0.1, -0.05) is 60.8 Å². The van der Waals surface area contributed by atoms with E-state index in [-0.39, 0.29) is 24.4 Å². The molecule has 0 spiro atoms. The summed E-state index contributed by atoms with van der Waals surface area (Å²) in [6, 6.07) is 12.9. The maximum Gasteiger partial charge on any atom is 0.243 e. The van der Waals surface area contributed by atoms with E-state index in [0.717, 1.165) is 16.9 Å². The summed E-state index contributed by atoms with van der Waals surface area (Å²) >= 11 is 14.1. The van der Waals surface area contributed by atoms with Crippen LogP contribution in [0.1, 0.15) is 51.2 Å². The summed E-state index contributed by atoms with van der Waals surface area (Å²) in [5, 5.41) is 4.04. The molecule has 2 aromatic carbocycles. The van der Waals surface area contributed by atoms with E-state index in [1.165, 1.54) is 5.56 Å². The quantitative estimate of drug-likeness (QED) is 0.362. The second-order valence-corrected chi connectivity index (χ2v) is 9.92. The lowest BCUT2D eigenvalue weighted by molar-refractivity contribution is -0.141. The van der Waals surface area contributed by atoms with Gasteiger partial charge >= 0.3 is 0 Å². The first kappa shape index (κ1) is 26.6. The highest BCUT2D eigenvalue weighted by Crippen LogP contribution is 2.25. The van der Waals surface area contributed by atoms with Crippen molar-refractivity contribution in [3.8, 4) is 0 Å². The average Bonchev–Trinajstić information content (AvgIpc) is 2.76. The Morgan fingerprint density at radius 2 is 1.75 bits per heavy atom. The van der Waals surface area contributed by atoms with E-state index in [1.807, 2.05) is 33.8 Å². The van der Waals surface area contributed by atoms with Gasteiger partial charge in [-0.3, -0.25) is 9.59 Å². The molecule has 2 aromatic rings. The predicted molar refractivity (Wildman–Crippen MR) is 136 cm³/mol. The van der Waals surface area contributed by atoms with Gasteiger partial charge in [0.25, 0.3) is 0 Å². The molecular weight excluding hydrogens is 463 g/mol. The van der Waals surface area contributed by atoms with Crippen LogP contribution in [-0.4, -0.2) is 34.6 Å². The van der Waals surface area contributed by atoms with Gasteiger partial charge in [0, 0.05) is 39.7 Å². The monoisotopic (exact) mass is 494 g/mol. The number of benzene rings is 2. The summed E-state index contributed by atoms with van der Waals surface area (Å²) in [4.78, 5) is 29.1. The molecule has 0 unspecified atom stereocenters. The van der Waals surface area contributed by atoms with E-state index in [0.29, 0.717) is 28.6 Å². The minimum atomic E-state index is -0.562. The van der Waals surface area contributed by atoms with Gasteiger partial charge in [0.05, 0.1) is 0 Å². The maximum absolute atomic E-state index is 13.3. The van der Waals surface area contributed by atoms with Gasteiger partial charge in [0.15, 0.2) is 0 Å². The molecule has 1 N–H and O–H groups in total. The third kappa shape index (κ3) is 8.02. The van der Waals surface area contributed by atoms with Crippen LogP contribution in [0.5, 0.6) is 0 Å². The Balaban J connectivity index is 2.17. The molecule has 0 heterocycles. The Kier molecular flexibility index (Phi) is 10.9. The molecule has 0 aliphatic heterocycles. The van der Waals surface area contributed by atoms with E-state index >= 15 is 0 Å². The predicted octanol–water partition coefficient (Wildman–Crippen LogP) is 6.51. The minimum Gasteiger partial charge on any atom is -0.352 e. The van der Waals surface area contributed by atoms with Crippen molar-refractivity contribution < 1.29 is 9.59 Å². The molecular formula is C25H32Cl2N2O2S. The van der Waals surface area contributed by atoms with Crippen LogP contribution in [-0.2, 0) is 16.1 Å². The lowest BCUT2D eigenvalue weighted by Gasteiger charge is -2.31. The summed E-state index contributed by atoms with van der Waals surface area (Å²) in [6.45, 7) is 8.21. The summed E-state index contributed by atoms with van der Waals surface area (Å²) in [6.07, 6.45) is 1.67. The summed E-state index contributed by atoms with van der Waals surface area (Å²) in [5.41, 5.74) is 1.97. The van der Waals surface area contributed by atoms with E-state index in [2.05, 4.69) is 29.6 Å². The summed E-state index contributed by atoms with van der Waals surface area (Å²) in [5.74, 6) is 0.434. The Morgan fingerprint density at radius 1 is 1.06 bits per heavy atom. The minimum absolute atomic E-state index is 0.0460. The molecule has 7 heteroatoms. The lowest BCUT2D eigenvalue weighted by atomic mass is 10.1. The molecule has 0 saturated heterocycles. The van der Waals surface area contributed by atoms with Gasteiger partial charge < -0.3 is 10.2 Å². The van der Waals surface area contributed by atoms with Crippen molar-refractivity contribution in [3.63, 3.8) is 0 Å².